The Bertz CT molecular complexity index is 536. The van der Waals surface area contributed by atoms with E-state index < -0.39 is 11.5 Å². The van der Waals surface area contributed by atoms with Crippen LogP contribution in [0.4, 0.5) is 0 Å². The van der Waals surface area contributed by atoms with Crippen LogP contribution in [-0.2, 0) is 4.79 Å². The molecule has 1 heterocycles. The average molecular weight is 290 g/mol. The molecule has 1 aromatic heterocycles. The van der Waals surface area contributed by atoms with Crippen LogP contribution in [0.3, 0.4) is 0 Å². The topological polar surface area (TPSA) is 70.5 Å². The van der Waals surface area contributed by atoms with Gasteiger partial charge in [-0.05, 0) is 31.9 Å². The number of aryl methyl sites for hydroxylation is 1. The first-order chi connectivity index (χ1) is 9.96. The van der Waals surface area contributed by atoms with Crippen molar-refractivity contribution in [2.75, 3.05) is 7.05 Å². The number of rotatable bonds is 4. The van der Waals surface area contributed by atoms with E-state index in [-0.39, 0.29) is 12.3 Å². The minimum absolute atomic E-state index is 0.00848. The highest BCUT2D eigenvalue weighted by molar-refractivity contribution is 5.95. The van der Waals surface area contributed by atoms with E-state index in [0.29, 0.717) is 11.3 Å². The molecule has 1 aromatic rings. The van der Waals surface area contributed by atoms with Gasteiger partial charge in [-0.15, -0.1) is 0 Å². The average Bonchev–Trinajstić information content (AvgIpc) is 2.46. The fourth-order valence-corrected chi connectivity index (χ4v) is 3.23. The molecule has 0 aromatic carbocycles. The Hall–Kier alpha value is -1.91. The van der Waals surface area contributed by atoms with Crippen molar-refractivity contribution in [1.82, 2.24) is 9.88 Å². The summed E-state index contributed by atoms with van der Waals surface area (Å²) in [5.74, 6) is -0.983. The van der Waals surface area contributed by atoms with E-state index in [1.807, 2.05) is 0 Å². The van der Waals surface area contributed by atoms with Crippen molar-refractivity contribution in [1.29, 1.82) is 0 Å². The van der Waals surface area contributed by atoms with E-state index in [1.165, 1.54) is 0 Å². The number of amides is 1. The summed E-state index contributed by atoms with van der Waals surface area (Å²) >= 11 is 0. The van der Waals surface area contributed by atoms with Gasteiger partial charge in [-0.3, -0.25) is 14.6 Å². The van der Waals surface area contributed by atoms with Crippen LogP contribution >= 0.6 is 0 Å². The van der Waals surface area contributed by atoms with Gasteiger partial charge in [0.15, 0.2) is 0 Å². The quantitative estimate of drug-likeness (QED) is 0.925. The van der Waals surface area contributed by atoms with Crippen LogP contribution in [0, 0.1) is 6.92 Å². The first-order valence-corrected chi connectivity index (χ1v) is 7.38. The predicted molar refractivity (Wildman–Crippen MR) is 79.1 cm³/mol. The van der Waals surface area contributed by atoms with Crippen LogP contribution in [0.5, 0.6) is 0 Å². The van der Waals surface area contributed by atoms with E-state index >= 15 is 0 Å². The van der Waals surface area contributed by atoms with E-state index in [0.717, 1.165) is 32.1 Å². The van der Waals surface area contributed by atoms with Gasteiger partial charge in [-0.25, -0.2) is 0 Å². The van der Waals surface area contributed by atoms with Gasteiger partial charge >= 0.3 is 5.97 Å². The lowest BCUT2D eigenvalue weighted by Gasteiger charge is -2.44. The van der Waals surface area contributed by atoms with Crippen LogP contribution in [0.1, 0.15) is 54.6 Å². The maximum Gasteiger partial charge on any atom is 0.305 e. The Labute approximate surface area is 125 Å². The summed E-state index contributed by atoms with van der Waals surface area (Å²) in [5, 5.41) is 9.24. The smallest absolute Gasteiger partial charge is 0.305 e. The molecule has 1 saturated carbocycles. The first-order valence-electron chi connectivity index (χ1n) is 7.38. The molecule has 21 heavy (non-hydrogen) atoms. The van der Waals surface area contributed by atoms with Crippen molar-refractivity contribution in [3.63, 3.8) is 0 Å². The number of hydrogen-bond acceptors (Lipinski definition) is 3. The third-order valence-electron chi connectivity index (χ3n) is 4.52. The van der Waals surface area contributed by atoms with Crippen molar-refractivity contribution < 1.29 is 14.7 Å². The Morgan fingerprint density at radius 3 is 2.57 bits per heavy atom. The third kappa shape index (κ3) is 3.23. The van der Waals surface area contributed by atoms with Crippen molar-refractivity contribution in [2.24, 2.45) is 0 Å². The SMILES string of the molecule is Cc1ncccc1C(=O)N(C)C1(CC(=O)O)CCCCC1. The number of carboxylic acids is 1. The summed E-state index contributed by atoms with van der Waals surface area (Å²) in [7, 11) is 1.73. The molecule has 0 spiro atoms. The Balaban J connectivity index is 2.29. The second-order valence-electron chi connectivity index (χ2n) is 5.86. The van der Waals surface area contributed by atoms with Gasteiger partial charge in [-0.1, -0.05) is 19.3 Å². The fraction of sp³-hybridized carbons (Fsp3) is 0.562. The number of pyridine rings is 1. The summed E-state index contributed by atoms with van der Waals surface area (Å²) in [5.41, 5.74) is 0.662. The number of carbonyl (C=O) groups excluding carboxylic acids is 1. The van der Waals surface area contributed by atoms with E-state index in [9.17, 15) is 14.7 Å². The maximum absolute atomic E-state index is 12.7. The highest BCUT2D eigenvalue weighted by Crippen LogP contribution is 2.36. The highest BCUT2D eigenvalue weighted by atomic mass is 16.4. The summed E-state index contributed by atoms with van der Waals surface area (Å²) in [4.78, 5) is 29.8. The summed E-state index contributed by atoms with van der Waals surface area (Å²) < 4.78 is 0. The Kier molecular flexibility index (Phi) is 4.60. The number of nitrogens with zero attached hydrogens (tertiary/aromatic N) is 2. The van der Waals surface area contributed by atoms with Crippen LogP contribution in [0.25, 0.3) is 0 Å². The molecule has 0 atom stereocenters. The largest absolute Gasteiger partial charge is 0.481 e. The lowest BCUT2D eigenvalue weighted by Crippen LogP contribution is -2.52. The molecule has 5 nitrogen and oxygen atoms in total. The third-order valence-corrected chi connectivity index (χ3v) is 4.52. The Morgan fingerprint density at radius 1 is 1.33 bits per heavy atom. The lowest BCUT2D eigenvalue weighted by atomic mass is 9.77. The molecule has 0 saturated heterocycles. The number of aliphatic carboxylic acids is 1. The number of aromatic nitrogens is 1. The predicted octanol–water partition coefficient (Wildman–Crippen LogP) is 2.64. The van der Waals surface area contributed by atoms with Gasteiger partial charge in [0.1, 0.15) is 0 Å². The molecule has 0 aliphatic heterocycles. The highest BCUT2D eigenvalue weighted by Gasteiger charge is 2.40. The number of hydrogen-bond donors (Lipinski definition) is 1. The molecule has 0 radical (unpaired) electrons. The normalized spacial score (nSPS) is 17.2. The van der Waals surface area contributed by atoms with Crippen molar-refractivity contribution in [3.8, 4) is 0 Å². The molecule has 114 valence electrons. The summed E-state index contributed by atoms with van der Waals surface area (Å²) in [6, 6.07) is 3.48. The first kappa shape index (κ1) is 15.5. The molecule has 1 aliphatic carbocycles. The zero-order chi connectivity index (χ0) is 15.5. The minimum Gasteiger partial charge on any atom is -0.481 e. The van der Waals surface area contributed by atoms with Gasteiger partial charge in [0, 0.05) is 18.9 Å². The van der Waals surface area contributed by atoms with Crippen LogP contribution in [0.15, 0.2) is 18.3 Å². The van der Waals surface area contributed by atoms with E-state index in [2.05, 4.69) is 4.98 Å². The van der Waals surface area contributed by atoms with Gasteiger partial charge in [0.05, 0.1) is 17.5 Å². The Morgan fingerprint density at radius 2 is 2.00 bits per heavy atom. The second kappa shape index (κ2) is 6.24. The van der Waals surface area contributed by atoms with Crippen LogP contribution in [0.2, 0.25) is 0 Å². The van der Waals surface area contributed by atoms with Crippen molar-refractivity contribution >= 4 is 11.9 Å². The maximum atomic E-state index is 12.7. The lowest BCUT2D eigenvalue weighted by molar-refractivity contribution is -0.140. The molecule has 1 aliphatic rings. The van der Waals surface area contributed by atoms with Crippen LogP contribution < -0.4 is 0 Å². The van der Waals surface area contributed by atoms with Gasteiger partial charge in [0.25, 0.3) is 5.91 Å². The van der Waals surface area contributed by atoms with Gasteiger partial charge in [-0.2, -0.15) is 0 Å². The number of carbonyl (C=O) groups is 2. The van der Waals surface area contributed by atoms with Crippen LogP contribution in [-0.4, -0.2) is 39.5 Å². The molecule has 2 rings (SSSR count). The molecular formula is C16H22N2O3. The molecule has 5 heteroatoms. The van der Waals surface area contributed by atoms with Gasteiger partial charge < -0.3 is 10.0 Å². The second-order valence-corrected chi connectivity index (χ2v) is 5.86. The van der Waals surface area contributed by atoms with E-state index in [4.69, 9.17) is 0 Å². The van der Waals surface area contributed by atoms with Crippen molar-refractivity contribution in [2.45, 2.75) is 51.0 Å². The van der Waals surface area contributed by atoms with E-state index in [1.54, 1.807) is 37.2 Å². The molecule has 1 amide bonds. The van der Waals surface area contributed by atoms with Crippen molar-refractivity contribution in [3.05, 3.63) is 29.6 Å². The summed E-state index contributed by atoms with van der Waals surface area (Å²) in [6.07, 6.45) is 6.21. The molecule has 0 unspecified atom stereocenters. The zero-order valence-electron chi connectivity index (χ0n) is 12.6. The minimum atomic E-state index is -0.848. The standard InChI is InChI=1S/C16H22N2O3/c1-12-13(7-6-10-17-12)15(21)18(2)16(11-14(19)20)8-4-3-5-9-16/h6-7,10H,3-5,8-9,11H2,1-2H3,(H,19,20). The molecular weight excluding hydrogens is 268 g/mol. The molecule has 1 fully saturated rings. The van der Waals surface area contributed by atoms with Gasteiger partial charge in [0.2, 0.25) is 0 Å². The zero-order valence-corrected chi connectivity index (χ0v) is 12.6. The molecule has 0 bridgehead atoms. The fourth-order valence-electron chi connectivity index (χ4n) is 3.23. The summed E-state index contributed by atoms with van der Waals surface area (Å²) in [6.45, 7) is 1.80. The molecule has 1 N–H and O–H groups in total. The number of carboxylic acid groups (broad SMARTS) is 1. The monoisotopic (exact) mass is 290 g/mol.